The Morgan fingerprint density at radius 2 is 1.38 bits per heavy atom. The molecule has 0 fully saturated rings. The molecule has 1 unspecified atom stereocenters. The number of hydrogen-bond donors (Lipinski definition) is 2. The molecule has 2 aromatic heterocycles. The first kappa shape index (κ1) is 23.2. The Bertz CT molecular complexity index is 1910. The van der Waals surface area contributed by atoms with E-state index in [1.165, 1.54) is 0 Å². The van der Waals surface area contributed by atoms with Crippen LogP contribution in [0.2, 0.25) is 0 Å². The van der Waals surface area contributed by atoms with Crippen molar-refractivity contribution in [1.29, 1.82) is 0 Å². The van der Waals surface area contributed by atoms with Crippen molar-refractivity contribution in [2.45, 2.75) is 18.9 Å². The molecule has 1 aliphatic carbocycles. The Labute approximate surface area is 227 Å². The summed E-state index contributed by atoms with van der Waals surface area (Å²) in [7, 11) is 0. The molecule has 1 atom stereocenters. The SMILES string of the molecule is CC1(n2c(O)c(O)c3ccc(-c4ccc5cc(-c6ccccc6)n(-c6ccccc6)c5c4)cc32)C=CC=CC1. The summed E-state index contributed by atoms with van der Waals surface area (Å²) < 4.78 is 4.16. The van der Waals surface area contributed by atoms with Gasteiger partial charge in [-0.1, -0.05) is 91.0 Å². The number of rotatable bonds is 4. The second-order valence-electron chi connectivity index (χ2n) is 10.4. The van der Waals surface area contributed by atoms with E-state index in [1.807, 2.05) is 41.0 Å². The van der Waals surface area contributed by atoms with E-state index < -0.39 is 5.54 Å². The maximum Gasteiger partial charge on any atom is 0.236 e. The summed E-state index contributed by atoms with van der Waals surface area (Å²) >= 11 is 0. The molecule has 6 aromatic rings. The summed E-state index contributed by atoms with van der Waals surface area (Å²) in [4.78, 5) is 0. The number of fused-ring (bicyclic) bond motifs is 2. The van der Waals surface area contributed by atoms with Crippen LogP contribution in [0, 0.1) is 0 Å². The van der Waals surface area contributed by atoms with Crippen LogP contribution in [-0.2, 0) is 5.54 Å². The van der Waals surface area contributed by atoms with Crippen LogP contribution in [-0.4, -0.2) is 19.3 Å². The molecular weight excluding hydrogens is 480 g/mol. The smallest absolute Gasteiger partial charge is 0.236 e. The zero-order valence-electron chi connectivity index (χ0n) is 21.6. The van der Waals surface area contributed by atoms with Gasteiger partial charge in [-0.25, -0.2) is 0 Å². The molecule has 0 saturated heterocycles. The molecule has 0 amide bonds. The van der Waals surface area contributed by atoms with Gasteiger partial charge < -0.3 is 14.8 Å². The van der Waals surface area contributed by atoms with Crippen LogP contribution >= 0.6 is 0 Å². The van der Waals surface area contributed by atoms with E-state index >= 15 is 0 Å². The average molecular weight is 509 g/mol. The third-order valence-corrected chi connectivity index (χ3v) is 7.88. The van der Waals surface area contributed by atoms with Crippen molar-refractivity contribution in [3.05, 3.63) is 127 Å². The molecule has 1 aliphatic rings. The van der Waals surface area contributed by atoms with Gasteiger partial charge in [-0.15, -0.1) is 0 Å². The van der Waals surface area contributed by atoms with Crippen LogP contribution in [0.25, 0.3) is 49.9 Å². The third kappa shape index (κ3) is 3.68. The number of allylic oxidation sites excluding steroid dienone is 4. The van der Waals surface area contributed by atoms with E-state index in [1.54, 1.807) is 0 Å². The van der Waals surface area contributed by atoms with Gasteiger partial charge in [0.05, 0.1) is 22.3 Å². The maximum atomic E-state index is 11.0. The Morgan fingerprint density at radius 1 is 0.692 bits per heavy atom. The Kier molecular flexibility index (Phi) is 5.24. The third-order valence-electron chi connectivity index (χ3n) is 7.88. The zero-order valence-corrected chi connectivity index (χ0v) is 21.6. The van der Waals surface area contributed by atoms with Crippen LogP contribution in [0.3, 0.4) is 0 Å². The zero-order chi connectivity index (χ0) is 26.6. The Morgan fingerprint density at radius 3 is 2.10 bits per heavy atom. The molecule has 190 valence electrons. The number of para-hydroxylation sites is 1. The molecule has 7 rings (SSSR count). The van der Waals surface area contributed by atoms with Gasteiger partial charge in [-0.05, 0) is 66.4 Å². The highest BCUT2D eigenvalue weighted by Crippen LogP contribution is 2.45. The van der Waals surface area contributed by atoms with Crippen molar-refractivity contribution < 1.29 is 10.2 Å². The van der Waals surface area contributed by atoms with E-state index in [0.29, 0.717) is 5.39 Å². The Hall–Kier alpha value is -4.96. The summed E-state index contributed by atoms with van der Waals surface area (Å²) in [6.45, 7) is 2.07. The molecule has 4 heteroatoms. The molecule has 39 heavy (non-hydrogen) atoms. The highest BCUT2D eigenvalue weighted by molar-refractivity contribution is 5.96. The Balaban J connectivity index is 1.44. The van der Waals surface area contributed by atoms with E-state index in [-0.39, 0.29) is 11.6 Å². The summed E-state index contributed by atoms with van der Waals surface area (Å²) in [5, 5.41) is 23.6. The lowest BCUT2D eigenvalue weighted by molar-refractivity contribution is 0.323. The molecule has 0 spiro atoms. The van der Waals surface area contributed by atoms with Crippen LogP contribution in [0.5, 0.6) is 11.6 Å². The summed E-state index contributed by atoms with van der Waals surface area (Å²) in [5.41, 5.74) is 6.92. The van der Waals surface area contributed by atoms with Crippen LogP contribution < -0.4 is 0 Å². The molecule has 2 N–H and O–H groups in total. The number of nitrogens with zero attached hydrogens (tertiary/aromatic N) is 2. The fourth-order valence-electron chi connectivity index (χ4n) is 5.89. The van der Waals surface area contributed by atoms with Crippen molar-refractivity contribution in [3.63, 3.8) is 0 Å². The number of benzene rings is 4. The van der Waals surface area contributed by atoms with Gasteiger partial charge in [0.25, 0.3) is 0 Å². The largest absolute Gasteiger partial charge is 0.503 e. The van der Waals surface area contributed by atoms with Gasteiger partial charge in [0, 0.05) is 16.5 Å². The van der Waals surface area contributed by atoms with Gasteiger partial charge in [0.1, 0.15) is 0 Å². The fourth-order valence-corrected chi connectivity index (χ4v) is 5.89. The normalized spacial score (nSPS) is 16.8. The van der Waals surface area contributed by atoms with E-state index in [9.17, 15) is 10.2 Å². The first-order chi connectivity index (χ1) is 19.0. The molecule has 4 aromatic carbocycles. The minimum atomic E-state index is -0.479. The molecular formula is C35H28N2O2. The second kappa shape index (κ2) is 8.81. The molecule has 0 radical (unpaired) electrons. The van der Waals surface area contributed by atoms with Gasteiger partial charge >= 0.3 is 0 Å². The van der Waals surface area contributed by atoms with E-state index in [4.69, 9.17) is 0 Å². The first-order valence-corrected chi connectivity index (χ1v) is 13.2. The van der Waals surface area contributed by atoms with E-state index in [0.717, 1.165) is 50.9 Å². The summed E-state index contributed by atoms with van der Waals surface area (Å²) in [5.74, 6) is -0.188. The summed E-state index contributed by atoms with van der Waals surface area (Å²) in [6.07, 6.45) is 8.88. The van der Waals surface area contributed by atoms with Crippen molar-refractivity contribution >= 4 is 21.8 Å². The summed E-state index contributed by atoms with van der Waals surface area (Å²) in [6, 6.07) is 35.7. The van der Waals surface area contributed by atoms with Crippen molar-refractivity contribution in [2.24, 2.45) is 0 Å². The quantitative estimate of drug-likeness (QED) is 0.251. The van der Waals surface area contributed by atoms with Crippen molar-refractivity contribution in [1.82, 2.24) is 9.13 Å². The standard InChI is InChI=1S/C35H28N2O2/c1-35(19-9-4-10-20-35)37-32-22-26(17-18-29(32)33(38)34(37)39)25-15-16-27-23-30(24-11-5-2-6-12-24)36(31(27)21-25)28-13-7-3-8-14-28/h2-19,21-23,38-39H,20H2,1H3. The predicted molar refractivity (Wildman–Crippen MR) is 160 cm³/mol. The van der Waals surface area contributed by atoms with Crippen molar-refractivity contribution in [2.75, 3.05) is 0 Å². The number of hydrogen-bond acceptors (Lipinski definition) is 2. The minimum absolute atomic E-state index is 0.0818. The van der Waals surface area contributed by atoms with Gasteiger partial charge in [0.15, 0.2) is 5.75 Å². The maximum absolute atomic E-state index is 11.0. The molecule has 0 aliphatic heterocycles. The fraction of sp³-hybridized carbons (Fsp3) is 0.0857. The predicted octanol–water partition coefficient (Wildman–Crippen LogP) is 8.56. The lowest BCUT2D eigenvalue weighted by Crippen LogP contribution is -2.27. The highest BCUT2D eigenvalue weighted by atomic mass is 16.3. The monoisotopic (exact) mass is 508 g/mol. The van der Waals surface area contributed by atoms with Crippen molar-refractivity contribution in [3.8, 4) is 39.7 Å². The first-order valence-electron chi connectivity index (χ1n) is 13.2. The average Bonchev–Trinajstić information content (AvgIpc) is 3.48. The van der Waals surface area contributed by atoms with Gasteiger partial charge in [-0.3, -0.25) is 4.57 Å². The van der Waals surface area contributed by atoms with Gasteiger partial charge in [-0.2, -0.15) is 0 Å². The lowest BCUT2D eigenvalue weighted by atomic mass is 9.93. The molecule has 2 heterocycles. The number of aromatic nitrogens is 2. The topological polar surface area (TPSA) is 50.3 Å². The van der Waals surface area contributed by atoms with Crippen LogP contribution in [0.1, 0.15) is 13.3 Å². The highest BCUT2D eigenvalue weighted by Gasteiger charge is 2.30. The van der Waals surface area contributed by atoms with Gasteiger partial charge in [0.2, 0.25) is 5.88 Å². The molecule has 0 saturated carbocycles. The molecule has 4 nitrogen and oxygen atoms in total. The van der Waals surface area contributed by atoms with Crippen LogP contribution in [0.4, 0.5) is 0 Å². The van der Waals surface area contributed by atoms with E-state index in [2.05, 4.69) is 103 Å². The molecule has 0 bridgehead atoms. The number of aromatic hydroxyl groups is 2. The second-order valence-corrected chi connectivity index (χ2v) is 10.4. The van der Waals surface area contributed by atoms with Crippen LogP contribution in [0.15, 0.2) is 127 Å². The lowest BCUT2D eigenvalue weighted by Gasteiger charge is -2.30. The minimum Gasteiger partial charge on any atom is -0.503 e.